The van der Waals surface area contributed by atoms with Gasteiger partial charge in [0.15, 0.2) is 0 Å². The third-order valence-electron chi connectivity index (χ3n) is 2.16. The lowest BCUT2D eigenvalue weighted by Crippen LogP contribution is -2.25. The lowest BCUT2D eigenvalue weighted by molar-refractivity contribution is 0.421. The van der Waals surface area contributed by atoms with Crippen LogP contribution in [0, 0.1) is 5.92 Å². The molecule has 1 N–H and O–H groups in total. The predicted octanol–water partition coefficient (Wildman–Crippen LogP) is 2.39. The van der Waals surface area contributed by atoms with Gasteiger partial charge in [-0.1, -0.05) is 20.8 Å². The standard InChI is InChI=1S/C11H18N2/c1-4-13-11(9(2)3)10-5-7-12-8-6-10/h5-9,11,13H,4H2,1-3H3. The summed E-state index contributed by atoms with van der Waals surface area (Å²) >= 11 is 0. The van der Waals surface area contributed by atoms with Crippen molar-refractivity contribution in [3.63, 3.8) is 0 Å². The second-order valence-electron chi connectivity index (χ2n) is 3.56. The molecule has 1 aromatic heterocycles. The van der Waals surface area contributed by atoms with Crippen LogP contribution in [0.1, 0.15) is 32.4 Å². The average molecular weight is 178 g/mol. The molecule has 2 nitrogen and oxygen atoms in total. The Kier molecular flexibility index (Phi) is 3.90. The molecular formula is C11H18N2. The van der Waals surface area contributed by atoms with E-state index in [0.717, 1.165) is 6.54 Å². The molecule has 13 heavy (non-hydrogen) atoms. The Morgan fingerprint density at radius 3 is 2.38 bits per heavy atom. The Morgan fingerprint density at radius 2 is 1.92 bits per heavy atom. The second kappa shape index (κ2) is 4.97. The Hall–Kier alpha value is -0.890. The van der Waals surface area contributed by atoms with Gasteiger partial charge in [-0.2, -0.15) is 0 Å². The van der Waals surface area contributed by atoms with Crippen molar-refractivity contribution in [2.75, 3.05) is 6.54 Å². The van der Waals surface area contributed by atoms with Crippen LogP contribution in [-0.4, -0.2) is 11.5 Å². The molecule has 2 heteroatoms. The van der Waals surface area contributed by atoms with Gasteiger partial charge in [-0.05, 0) is 30.2 Å². The minimum atomic E-state index is 0.452. The maximum atomic E-state index is 4.02. The van der Waals surface area contributed by atoms with Gasteiger partial charge in [-0.25, -0.2) is 0 Å². The molecular weight excluding hydrogens is 160 g/mol. The van der Waals surface area contributed by atoms with E-state index < -0.39 is 0 Å². The highest BCUT2D eigenvalue weighted by molar-refractivity contribution is 5.15. The van der Waals surface area contributed by atoms with Crippen molar-refractivity contribution >= 4 is 0 Å². The van der Waals surface area contributed by atoms with Crippen LogP contribution in [0.3, 0.4) is 0 Å². The van der Waals surface area contributed by atoms with Gasteiger partial charge in [0.25, 0.3) is 0 Å². The zero-order valence-corrected chi connectivity index (χ0v) is 8.62. The summed E-state index contributed by atoms with van der Waals surface area (Å²) in [5.74, 6) is 0.613. The molecule has 1 aromatic rings. The minimum Gasteiger partial charge on any atom is -0.310 e. The molecule has 1 unspecified atom stereocenters. The zero-order chi connectivity index (χ0) is 9.68. The first-order valence-electron chi connectivity index (χ1n) is 4.89. The fourth-order valence-corrected chi connectivity index (χ4v) is 1.53. The molecule has 0 aliphatic heterocycles. The summed E-state index contributed by atoms with van der Waals surface area (Å²) in [6.07, 6.45) is 3.70. The highest BCUT2D eigenvalue weighted by Gasteiger charge is 2.13. The Balaban J connectivity index is 2.76. The van der Waals surface area contributed by atoms with Crippen molar-refractivity contribution in [1.82, 2.24) is 10.3 Å². The van der Waals surface area contributed by atoms with E-state index in [-0.39, 0.29) is 0 Å². The summed E-state index contributed by atoms with van der Waals surface area (Å²) in [6.45, 7) is 7.60. The maximum absolute atomic E-state index is 4.02. The highest BCUT2D eigenvalue weighted by atomic mass is 14.9. The molecule has 0 amide bonds. The van der Waals surface area contributed by atoms with Gasteiger partial charge in [0, 0.05) is 18.4 Å². The van der Waals surface area contributed by atoms with Crippen molar-refractivity contribution < 1.29 is 0 Å². The molecule has 72 valence electrons. The summed E-state index contributed by atoms with van der Waals surface area (Å²) in [6, 6.07) is 4.61. The number of hydrogen-bond acceptors (Lipinski definition) is 2. The van der Waals surface area contributed by atoms with E-state index in [1.807, 2.05) is 12.4 Å². The fraction of sp³-hybridized carbons (Fsp3) is 0.545. The van der Waals surface area contributed by atoms with Crippen molar-refractivity contribution in [1.29, 1.82) is 0 Å². The van der Waals surface area contributed by atoms with Crippen molar-refractivity contribution in [2.24, 2.45) is 5.92 Å². The highest BCUT2D eigenvalue weighted by Crippen LogP contribution is 2.20. The first-order valence-corrected chi connectivity index (χ1v) is 4.89. The molecule has 0 aliphatic rings. The number of rotatable bonds is 4. The summed E-state index contributed by atoms with van der Waals surface area (Å²) in [5, 5.41) is 3.47. The Morgan fingerprint density at radius 1 is 1.31 bits per heavy atom. The van der Waals surface area contributed by atoms with E-state index in [9.17, 15) is 0 Å². The molecule has 0 bridgehead atoms. The lowest BCUT2D eigenvalue weighted by Gasteiger charge is -2.21. The van der Waals surface area contributed by atoms with Gasteiger partial charge in [-0.15, -0.1) is 0 Å². The Labute approximate surface area is 80.4 Å². The molecule has 0 spiro atoms. The van der Waals surface area contributed by atoms with E-state index >= 15 is 0 Å². The van der Waals surface area contributed by atoms with Crippen LogP contribution in [-0.2, 0) is 0 Å². The van der Waals surface area contributed by atoms with Crippen molar-refractivity contribution in [3.05, 3.63) is 30.1 Å². The third kappa shape index (κ3) is 2.81. The molecule has 1 heterocycles. The lowest BCUT2D eigenvalue weighted by atomic mass is 9.97. The molecule has 1 rings (SSSR count). The maximum Gasteiger partial charge on any atom is 0.0344 e. The van der Waals surface area contributed by atoms with E-state index in [1.54, 1.807) is 0 Å². The van der Waals surface area contributed by atoms with Gasteiger partial charge in [-0.3, -0.25) is 4.98 Å². The quantitative estimate of drug-likeness (QED) is 0.765. The van der Waals surface area contributed by atoms with Crippen LogP contribution in [0.5, 0.6) is 0 Å². The topological polar surface area (TPSA) is 24.9 Å². The van der Waals surface area contributed by atoms with Crippen LogP contribution >= 0.6 is 0 Å². The van der Waals surface area contributed by atoms with E-state index in [2.05, 4.69) is 43.2 Å². The van der Waals surface area contributed by atoms with Crippen LogP contribution in [0.4, 0.5) is 0 Å². The molecule has 0 radical (unpaired) electrons. The third-order valence-corrected chi connectivity index (χ3v) is 2.16. The molecule has 0 aliphatic carbocycles. The van der Waals surface area contributed by atoms with Gasteiger partial charge in [0.1, 0.15) is 0 Å². The van der Waals surface area contributed by atoms with Crippen molar-refractivity contribution in [2.45, 2.75) is 26.8 Å². The normalized spacial score (nSPS) is 13.2. The Bertz CT molecular complexity index is 231. The molecule has 0 saturated carbocycles. The number of hydrogen-bond donors (Lipinski definition) is 1. The zero-order valence-electron chi connectivity index (χ0n) is 8.62. The summed E-state index contributed by atoms with van der Waals surface area (Å²) in [4.78, 5) is 4.02. The van der Waals surface area contributed by atoms with E-state index in [1.165, 1.54) is 5.56 Å². The van der Waals surface area contributed by atoms with E-state index in [4.69, 9.17) is 0 Å². The molecule has 0 fully saturated rings. The van der Waals surface area contributed by atoms with Crippen LogP contribution < -0.4 is 5.32 Å². The minimum absolute atomic E-state index is 0.452. The molecule has 0 saturated heterocycles. The first-order chi connectivity index (χ1) is 6.25. The molecule has 0 aromatic carbocycles. The number of nitrogens with zero attached hydrogens (tertiary/aromatic N) is 1. The van der Waals surface area contributed by atoms with Crippen LogP contribution in [0.25, 0.3) is 0 Å². The largest absolute Gasteiger partial charge is 0.310 e. The fourth-order valence-electron chi connectivity index (χ4n) is 1.53. The molecule has 1 atom stereocenters. The first kappa shape index (κ1) is 10.2. The van der Waals surface area contributed by atoms with Crippen molar-refractivity contribution in [3.8, 4) is 0 Å². The van der Waals surface area contributed by atoms with E-state index in [0.29, 0.717) is 12.0 Å². The second-order valence-corrected chi connectivity index (χ2v) is 3.56. The van der Waals surface area contributed by atoms with Gasteiger partial charge < -0.3 is 5.32 Å². The summed E-state index contributed by atoms with van der Waals surface area (Å²) in [5.41, 5.74) is 1.33. The monoisotopic (exact) mass is 178 g/mol. The summed E-state index contributed by atoms with van der Waals surface area (Å²) < 4.78 is 0. The van der Waals surface area contributed by atoms with Gasteiger partial charge in [0.2, 0.25) is 0 Å². The van der Waals surface area contributed by atoms with Gasteiger partial charge in [0.05, 0.1) is 0 Å². The number of pyridine rings is 1. The summed E-state index contributed by atoms with van der Waals surface area (Å²) in [7, 11) is 0. The SMILES string of the molecule is CCNC(c1ccncc1)C(C)C. The number of nitrogens with one attached hydrogen (secondary N) is 1. The predicted molar refractivity (Wildman–Crippen MR) is 55.5 cm³/mol. The van der Waals surface area contributed by atoms with Crippen LogP contribution in [0.2, 0.25) is 0 Å². The number of aromatic nitrogens is 1. The van der Waals surface area contributed by atoms with Gasteiger partial charge >= 0.3 is 0 Å². The smallest absolute Gasteiger partial charge is 0.0344 e. The van der Waals surface area contributed by atoms with Crippen LogP contribution in [0.15, 0.2) is 24.5 Å². The average Bonchev–Trinajstić information content (AvgIpc) is 2.15.